The topological polar surface area (TPSA) is 75.3 Å². The van der Waals surface area contributed by atoms with E-state index in [1.165, 1.54) is 6.92 Å². The van der Waals surface area contributed by atoms with Gasteiger partial charge in [-0.05, 0) is 24.1 Å². The van der Waals surface area contributed by atoms with Crippen LogP contribution in [0, 0.1) is 0 Å². The van der Waals surface area contributed by atoms with Gasteiger partial charge in [0.25, 0.3) is 0 Å². The highest BCUT2D eigenvalue weighted by molar-refractivity contribution is 7.89. The van der Waals surface area contributed by atoms with Crippen LogP contribution in [0.15, 0.2) is 24.3 Å². The zero-order valence-electron chi connectivity index (χ0n) is 11.3. The van der Waals surface area contributed by atoms with Crippen LogP contribution in [0.1, 0.15) is 32.3 Å². The Hall–Kier alpha value is -1.40. The van der Waals surface area contributed by atoms with E-state index in [1.807, 2.05) is 13.0 Å². The molecular formula is C13H20N2O3S. The number of unbranched alkanes of at least 4 members (excludes halogenated alkanes) is 1. The van der Waals surface area contributed by atoms with Gasteiger partial charge in [-0.15, -0.1) is 0 Å². The third-order valence-corrected chi connectivity index (χ3v) is 3.92. The molecule has 0 heterocycles. The van der Waals surface area contributed by atoms with Gasteiger partial charge in [0.2, 0.25) is 15.9 Å². The molecule has 0 aliphatic heterocycles. The molecule has 0 aliphatic rings. The predicted octanol–water partition coefficient (Wildman–Crippen LogP) is 1.86. The molecule has 1 rings (SSSR count). The van der Waals surface area contributed by atoms with Crippen LogP contribution in [-0.2, 0) is 21.4 Å². The van der Waals surface area contributed by atoms with Crippen molar-refractivity contribution in [2.75, 3.05) is 11.1 Å². The van der Waals surface area contributed by atoms with Crippen LogP contribution in [0.3, 0.4) is 0 Å². The van der Waals surface area contributed by atoms with Gasteiger partial charge in [0.05, 0.1) is 5.75 Å². The van der Waals surface area contributed by atoms with E-state index in [1.54, 1.807) is 18.2 Å². The summed E-state index contributed by atoms with van der Waals surface area (Å²) >= 11 is 0. The number of benzene rings is 1. The summed E-state index contributed by atoms with van der Waals surface area (Å²) < 4.78 is 25.8. The Balaban J connectivity index is 2.60. The number of amides is 1. The molecular weight excluding hydrogens is 264 g/mol. The highest BCUT2D eigenvalue weighted by Crippen LogP contribution is 2.10. The highest BCUT2D eigenvalue weighted by Gasteiger charge is 2.08. The smallest absolute Gasteiger partial charge is 0.221 e. The molecule has 0 bridgehead atoms. The molecule has 0 radical (unpaired) electrons. The molecule has 5 nitrogen and oxygen atoms in total. The van der Waals surface area contributed by atoms with E-state index in [-0.39, 0.29) is 18.2 Å². The zero-order valence-corrected chi connectivity index (χ0v) is 12.1. The van der Waals surface area contributed by atoms with Crippen LogP contribution in [0.25, 0.3) is 0 Å². The Morgan fingerprint density at radius 3 is 2.68 bits per heavy atom. The molecule has 19 heavy (non-hydrogen) atoms. The number of carbonyl (C=O) groups is 1. The minimum absolute atomic E-state index is 0.148. The molecule has 0 unspecified atom stereocenters. The van der Waals surface area contributed by atoms with Gasteiger partial charge < -0.3 is 5.32 Å². The van der Waals surface area contributed by atoms with E-state index < -0.39 is 10.0 Å². The van der Waals surface area contributed by atoms with E-state index in [0.717, 1.165) is 12.0 Å². The van der Waals surface area contributed by atoms with Crippen molar-refractivity contribution in [3.63, 3.8) is 0 Å². The molecule has 1 amide bonds. The quantitative estimate of drug-likeness (QED) is 0.802. The minimum Gasteiger partial charge on any atom is -0.326 e. The Morgan fingerprint density at radius 1 is 1.32 bits per heavy atom. The van der Waals surface area contributed by atoms with E-state index in [2.05, 4.69) is 10.0 Å². The summed E-state index contributed by atoms with van der Waals surface area (Å²) in [5.74, 6) is -0.00445. The number of hydrogen-bond donors (Lipinski definition) is 2. The Bertz CT molecular complexity index is 526. The number of rotatable bonds is 7. The Morgan fingerprint density at radius 2 is 2.05 bits per heavy atom. The molecule has 0 spiro atoms. The van der Waals surface area contributed by atoms with Crippen molar-refractivity contribution in [3.05, 3.63) is 29.8 Å². The van der Waals surface area contributed by atoms with Crippen molar-refractivity contribution in [1.29, 1.82) is 0 Å². The summed E-state index contributed by atoms with van der Waals surface area (Å²) in [6, 6.07) is 7.11. The van der Waals surface area contributed by atoms with Crippen molar-refractivity contribution in [3.8, 4) is 0 Å². The fraction of sp³-hybridized carbons (Fsp3) is 0.462. The summed E-state index contributed by atoms with van der Waals surface area (Å²) in [4.78, 5) is 10.9. The fourth-order valence-corrected chi connectivity index (χ4v) is 2.76. The molecule has 1 aromatic carbocycles. The minimum atomic E-state index is -3.22. The second-order valence-electron chi connectivity index (χ2n) is 4.38. The lowest BCUT2D eigenvalue weighted by molar-refractivity contribution is -0.114. The molecule has 0 atom stereocenters. The number of sulfonamides is 1. The lowest BCUT2D eigenvalue weighted by Gasteiger charge is -2.08. The van der Waals surface area contributed by atoms with Gasteiger partial charge in [-0.1, -0.05) is 25.5 Å². The average Bonchev–Trinajstić information content (AvgIpc) is 2.34. The summed E-state index contributed by atoms with van der Waals surface area (Å²) in [7, 11) is -3.22. The predicted molar refractivity (Wildman–Crippen MR) is 76.3 cm³/mol. The lowest BCUT2D eigenvalue weighted by atomic mass is 10.2. The van der Waals surface area contributed by atoms with E-state index in [0.29, 0.717) is 12.1 Å². The van der Waals surface area contributed by atoms with E-state index in [4.69, 9.17) is 0 Å². The first kappa shape index (κ1) is 15.7. The van der Waals surface area contributed by atoms with E-state index >= 15 is 0 Å². The molecule has 0 saturated carbocycles. The molecule has 1 aromatic rings. The van der Waals surface area contributed by atoms with Crippen LogP contribution < -0.4 is 10.0 Å². The van der Waals surface area contributed by atoms with Gasteiger partial charge in [0.15, 0.2) is 0 Å². The second-order valence-corrected chi connectivity index (χ2v) is 6.30. The molecule has 2 N–H and O–H groups in total. The second kappa shape index (κ2) is 7.25. The molecule has 0 aliphatic carbocycles. The van der Waals surface area contributed by atoms with Crippen LogP contribution >= 0.6 is 0 Å². The largest absolute Gasteiger partial charge is 0.326 e. The van der Waals surface area contributed by atoms with Crippen LogP contribution in [0.2, 0.25) is 0 Å². The van der Waals surface area contributed by atoms with Gasteiger partial charge in [-0.25, -0.2) is 13.1 Å². The van der Waals surface area contributed by atoms with Crippen molar-refractivity contribution in [2.45, 2.75) is 33.2 Å². The van der Waals surface area contributed by atoms with Gasteiger partial charge in [-0.2, -0.15) is 0 Å². The molecule has 6 heteroatoms. The number of carbonyl (C=O) groups excluding carboxylic acids is 1. The first-order valence-corrected chi connectivity index (χ1v) is 7.92. The Labute approximate surface area is 114 Å². The van der Waals surface area contributed by atoms with Crippen molar-refractivity contribution >= 4 is 21.6 Å². The van der Waals surface area contributed by atoms with Crippen LogP contribution in [0.4, 0.5) is 5.69 Å². The maximum absolute atomic E-state index is 11.6. The number of nitrogens with one attached hydrogen (secondary N) is 2. The highest BCUT2D eigenvalue weighted by atomic mass is 32.2. The summed E-state index contributed by atoms with van der Waals surface area (Å²) in [5.41, 5.74) is 1.48. The Kier molecular flexibility index (Phi) is 5.98. The molecule has 0 saturated heterocycles. The van der Waals surface area contributed by atoms with Crippen LogP contribution in [-0.4, -0.2) is 20.1 Å². The lowest BCUT2D eigenvalue weighted by Crippen LogP contribution is -2.25. The fourth-order valence-electron chi connectivity index (χ4n) is 1.56. The summed E-state index contributed by atoms with van der Waals surface area (Å²) in [6.45, 7) is 3.62. The van der Waals surface area contributed by atoms with Crippen molar-refractivity contribution < 1.29 is 13.2 Å². The third-order valence-electron chi connectivity index (χ3n) is 2.51. The molecule has 0 aromatic heterocycles. The van der Waals surface area contributed by atoms with Gasteiger partial charge in [0, 0.05) is 19.2 Å². The van der Waals surface area contributed by atoms with E-state index in [9.17, 15) is 13.2 Å². The summed E-state index contributed by atoms with van der Waals surface area (Å²) in [6.07, 6.45) is 1.50. The van der Waals surface area contributed by atoms with Gasteiger partial charge in [-0.3, -0.25) is 4.79 Å². The molecule has 106 valence electrons. The number of anilines is 1. The third kappa shape index (κ3) is 6.35. The standard InChI is InChI=1S/C13H20N2O3S/c1-3-4-8-19(17,18)14-10-12-6-5-7-13(9-12)15-11(2)16/h5-7,9,14H,3-4,8,10H2,1-2H3,(H,15,16). The maximum atomic E-state index is 11.6. The normalized spacial score (nSPS) is 11.3. The first-order chi connectivity index (χ1) is 8.93. The van der Waals surface area contributed by atoms with Gasteiger partial charge in [0.1, 0.15) is 0 Å². The van der Waals surface area contributed by atoms with Gasteiger partial charge >= 0.3 is 0 Å². The SMILES string of the molecule is CCCCS(=O)(=O)NCc1cccc(NC(C)=O)c1. The average molecular weight is 284 g/mol. The number of hydrogen-bond acceptors (Lipinski definition) is 3. The van der Waals surface area contributed by atoms with Crippen molar-refractivity contribution in [1.82, 2.24) is 4.72 Å². The molecule has 0 fully saturated rings. The monoisotopic (exact) mass is 284 g/mol. The summed E-state index contributed by atoms with van der Waals surface area (Å²) in [5, 5.41) is 2.66. The maximum Gasteiger partial charge on any atom is 0.221 e. The van der Waals surface area contributed by atoms with Crippen LogP contribution in [0.5, 0.6) is 0 Å². The zero-order chi connectivity index (χ0) is 14.3. The van der Waals surface area contributed by atoms with Crippen molar-refractivity contribution in [2.24, 2.45) is 0 Å². The first-order valence-electron chi connectivity index (χ1n) is 6.27.